The number of amides is 1. The Bertz CT molecular complexity index is 873. The van der Waals surface area contributed by atoms with E-state index in [0.29, 0.717) is 30.9 Å². The molecule has 3 rings (SSSR count). The number of ether oxygens (including phenoxy) is 2. The Labute approximate surface area is 170 Å². The van der Waals surface area contributed by atoms with Gasteiger partial charge in [0.15, 0.2) is 0 Å². The van der Waals surface area contributed by atoms with E-state index in [1.54, 1.807) is 30.3 Å². The lowest BCUT2D eigenvalue weighted by atomic mass is 9.68. The third-order valence-corrected chi connectivity index (χ3v) is 5.48. The first-order chi connectivity index (χ1) is 14.0. The van der Waals surface area contributed by atoms with Crippen molar-refractivity contribution in [2.45, 2.75) is 44.4 Å². The topological polar surface area (TPSA) is 64.6 Å². The van der Waals surface area contributed by atoms with Gasteiger partial charge in [0.1, 0.15) is 17.1 Å². The molecule has 0 heterocycles. The average molecular weight is 399 g/mol. The number of hydrogen-bond acceptors (Lipinski definition) is 4. The summed E-state index contributed by atoms with van der Waals surface area (Å²) in [6.07, 6.45) is 4.34. The fraction of sp³-hybridized carbons (Fsp3) is 0.391. The number of halogens is 1. The molecule has 1 fully saturated rings. The summed E-state index contributed by atoms with van der Waals surface area (Å²) in [5, 5.41) is 2.96. The molecule has 1 amide bonds. The van der Waals surface area contributed by atoms with E-state index in [0.717, 1.165) is 24.8 Å². The summed E-state index contributed by atoms with van der Waals surface area (Å²) >= 11 is 0. The molecule has 1 N–H and O–H groups in total. The molecule has 1 aliphatic carbocycles. The number of esters is 1. The Morgan fingerprint density at radius 3 is 2.38 bits per heavy atom. The first kappa shape index (κ1) is 20.8. The maximum Gasteiger partial charge on any atom is 0.341 e. The zero-order chi connectivity index (χ0) is 20.9. The van der Waals surface area contributed by atoms with Gasteiger partial charge < -0.3 is 14.8 Å². The van der Waals surface area contributed by atoms with Crippen molar-refractivity contribution in [1.29, 1.82) is 0 Å². The van der Waals surface area contributed by atoms with E-state index >= 15 is 0 Å². The number of rotatable bonds is 6. The molecule has 0 aliphatic heterocycles. The van der Waals surface area contributed by atoms with Crippen LogP contribution in [-0.2, 0) is 14.9 Å². The van der Waals surface area contributed by atoms with Gasteiger partial charge in [-0.1, -0.05) is 31.4 Å². The Morgan fingerprint density at radius 2 is 1.76 bits per heavy atom. The fourth-order valence-corrected chi connectivity index (χ4v) is 3.98. The van der Waals surface area contributed by atoms with Gasteiger partial charge in [-0.25, -0.2) is 9.18 Å². The van der Waals surface area contributed by atoms with Crippen LogP contribution in [-0.4, -0.2) is 25.6 Å². The highest BCUT2D eigenvalue weighted by molar-refractivity contribution is 6.01. The van der Waals surface area contributed by atoms with Crippen molar-refractivity contribution in [2.75, 3.05) is 19.0 Å². The third-order valence-electron chi connectivity index (χ3n) is 5.48. The van der Waals surface area contributed by atoms with E-state index in [9.17, 15) is 14.0 Å². The van der Waals surface area contributed by atoms with Crippen molar-refractivity contribution >= 4 is 17.6 Å². The molecule has 2 aromatic rings. The van der Waals surface area contributed by atoms with Crippen molar-refractivity contribution in [3.05, 3.63) is 59.4 Å². The summed E-state index contributed by atoms with van der Waals surface area (Å²) in [6, 6.07) is 11.1. The van der Waals surface area contributed by atoms with Gasteiger partial charge in [-0.05, 0) is 55.7 Å². The van der Waals surface area contributed by atoms with E-state index in [-0.39, 0.29) is 17.3 Å². The highest BCUT2D eigenvalue weighted by atomic mass is 19.1. The molecule has 0 unspecified atom stereocenters. The number of carbonyl (C=O) groups excluding carboxylic acids is 2. The molecule has 0 radical (unpaired) electrons. The third kappa shape index (κ3) is 4.42. The first-order valence-electron chi connectivity index (χ1n) is 9.93. The largest absolute Gasteiger partial charge is 0.493 e. The van der Waals surface area contributed by atoms with E-state index in [4.69, 9.17) is 9.47 Å². The molecule has 2 aromatic carbocycles. The predicted molar refractivity (Wildman–Crippen MR) is 109 cm³/mol. The molecule has 29 heavy (non-hydrogen) atoms. The molecule has 0 atom stereocenters. The number of nitrogens with one attached hydrogen (secondary N) is 1. The van der Waals surface area contributed by atoms with Gasteiger partial charge in [0.05, 0.1) is 19.1 Å². The average Bonchev–Trinajstić information content (AvgIpc) is 2.75. The molecule has 5 nitrogen and oxygen atoms in total. The van der Waals surface area contributed by atoms with Crippen molar-refractivity contribution < 1.29 is 23.5 Å². The number of anilines is 1. The number of benzene rings is 2. The number of methoxy groups -OCH3 is 1. The molecule has 6 heteroatoms. The van der Waals surface area contributed by atoms with Gasteiger partial charge in [0.25, 0.3) is 0 Å². The Morgan fingerprint density at radius 1 is 1.07 bits per heavy atom. The molecule has 0 saturated heterocycles. The van der Waals surface area contributed by atoms with Crippen LogP contribution in [0.3, 0.4) is 0 Å². The van der Waals surface area contributed by atoms with Crippen molar-refractivity contribution in [3.63, 3.8) is 0 Å². The molecule has 154 valence electrons. The summed E-state index contributed by atoms with van der Waals surface area (Å²) in [4.78, 5) is 25.5. The van der Waals surface area contributed by atoms with Gasteiger partial charge in [-0.15, -0.1) is 0 Å². The second kappa shape index (κ2) is 9.07. The van der Waals surface area contributed by atoms with Crippen LogP contribution in [0.5, 0.6) is 5.75 Å². The molecule has 1 aliphatic rings. The van der Waals surface area contributed by atoms with Crippen LogP contribution in [0.15, 0.2) is 42.5 Å². The SMILES string of the molecule is CCOc1ccc(NC(=O)C2(c3ccc(F)cc3)CCCCC2)cc1C(=O)OC. The Kier molecular flexibility index (Phi) is 6.52. The van der Waals surface area contributed by atoms with Crippen LogP contribution in [0.25, 0.3) is 0 Å². The normalized spacial score (nSPS) is 15.4. The molecule has 1 saturated carbocycles. The van der Waals surface area contributed by atoms with E-state index < -0.39 is 11.4 Å². The Balaban J connectivity index is 1.92. The van der Waals surface area contributed by atoms with E-state index in [2.05, 4.69) is 5.32 Å². The van der Waals surface area contributed by atoms with Gasteiger partial charge in [-0.2, -0.15) is 0 Å². The van der Waals surface area contributed by atoms with Crippen molar-refractivity contribution in [1.82, 2.24) is 0 Å². The Hall–Kier alpha value is -2.89. The monoisotopic (exact) mass is 399 g/mol. The van der Waals surface area contributed by atoms with E-state index in [1.807, 2.05) is 6.92 Å². The highest BCUT2D eigenvalue weighted by Crippen LogP contribution is 2.40. The fourth-order valence-electron chi connectivity index (χ4n) is 3.98. The lowest BCUT2D eigenvalue weighted by molar-refractivity contribution is -0.122. The maximum atomic E-state index is 13.4. The van der Waals surface area contributed by atoms with Crippen LogP contribution in [0.4, 0.5) is 10.1 Å². The van der Waals surface area contributed by atoms with Gasteiger partial charge in [0.2, 0.25) is 5.91 Å². The zero-order valence-electron chi connectivity index (χ0n) is 16.8. The summed E-state index contributed by atoms with van der Waals surface area (Å²) in [7, 11) is 1.30. The zero-order valence-corrected chi connectivity index (χ0v) is 16.8. The highest BCUT2D eigenvalue weighted by Gasteiger charge is 2.41. The summed E-state index contributed by atoms with van der Waals surface area (Å²) < 4.78 is 23.7. The number of carbonyl (C=O) groups is 2. The first-order valence-corrected chi connectivity index (χ1v) is 9.93. The predicted octanol–water partition coefficient (Wildman–Crippen LogP) is 4.85. The molecule has 0 aromatic heterocycles. The summed E-state index contributed by atoms with van der Waals surface area (Å²) in [6.45, 7) is 2.23. The second-order valence-electron chi connectivity index (χ2n) is 7.24. The smallest absolute Gasteiger partial charge is 0.341 e. The minimum atomic E-state index is -0.712. The molecular formula is C23H26FNO4. The standard InChI is InChI=1S/C23H26FNO4/c1-3-29-20-12-11-18(15-19(20)21(26)28-2)25-22(27)23(13-5-4-6-14-23)16-7-9-17(24)10-8-16/h7-12,15H,3-6,13-14H2,1-2H3,(H,25,27). The van der Waals surface area contributed by atoms with Crippen LogP contribution in [0.1, 0.15) is 54.9 Å². The van der Waals surface area contributed by atoms with Crippen LogP contribution in [0, 0.1) is 5.82 Å². The lowest BCUT2D eigenvalue weighted by Crippen LogP contribution is -2.42. The van der Waals surface area contributed by atoms with Crippen molar-refractivity contribution in [3.8, 4) is 5.75 Å². The molecular weight excluding hydrogens is 373 g/mol. The summed E-state index contributed by atoms with van der Waals surface area (Å²) in [5.41, 5.74) is 0.850. The number of hydrogen-bond donors (Lipinski definition) is 1. The minimum Gasteiger partial charge on any atom is -0.493 e. The van der Waals surface area contributed by atoms with Crippen molar-refractivity contribution in [2.24, 2.45) is 0 Å². The quantitative estimate of drug-likeness (QED) is 0.705. The van der Waals surface area contributed by atoms with Crippen LogP contribution < -0.4 is 10.1 Å². The molecule has 0 spiro atoms. The maximum absolute atomic E-state index is 13.4. The van der Waals surface area contributed by atoms with Gasteiger partial charge in [-0.3, -0.25) is 4.79 Å². The molecule has 0 bridgehead atoms. The van der Waals surface area contributed by atoms with Gasteiger partial charge in [0, 0.05) is 5.69 Å². The minimum absolute atomic E-state index is 0.149. The second-order valence-corrected chi connectivity index (χ2v) is 7.24. The van der Waals surface area contributed by atoms with Gasteiger partial charge >= 0.3 is 5.97 Å². The van der Waals surface area contributed by atoms with E-state index in [1.165, 1.54) is 19.2 Å². The lowest BCUT2D eigenvalue weighted by Gasteiger charge is -2.36. The van der Waals surface area contributed by atoms with Crippen LogP contribution >= 0.6 is 0 Å². The summed E-state index contributed by atoms with van der Waals surface area (Å²) in [5.74, 6) is -0.600. The van der Waals surface area contributed by atoms with Crippen LogP contribution in [0.2, 0.25) is 0 Å².